The topological polar surface area (TPSA) is 116 Å². The highest BCUT2D eigenvalue weighted by molar-refractivity contribution is 5.80. The van der Waals surface area contributed by atoms with Crippen molar-refractivity contribution in [3.05, 3.63) is 62.2 Å². The van der Waals surface area contributed by atoms with Gasteiger partial charge in [-0.15, -0.1) is 5.92 Å². The van der Waals surface area contributed by atoms with Crippen molar-refractivity contribution in [3.8, 4) is 11.8 Å². The molecule has 0 aliphatic carbocycles. The van der Waals surface area contributed by atoms with E-state index in [0.29, 0.717) is 29.5 Å². The molecular formula is C25H28N8O2. The summed E-state index contributed by atoms with van der Waals surface area (Å²) in [6.45, 7) is 6.96. The van der Waals surface area contributed by atoms with Crippen LogP contribution in [0.4, 0.5) is 5.95 Å². The van der Waals surface area contributed by atoms with Crippen molar-refractivity contribution in [1.29, 1.82) is 0 Å². The fraction of sp³-hybridized carbons (Fsp3) is 0.400. The molecule has 1 aliphatic heterocycles. The third kappa shape index (κ3) is 3.98. The lowest BCUT2D eigenvalue weighted by atomic mass is 10.1. The Hall–Kier alpha value is -3.97. The molecule has 5 rings (SSSR count). The summed E-state index contributed by atoms with van der Waals surface area (Å²) >= 11 is 0. The number of piperidine rings is 1. The molecular weight excluding hydrogens is 444 g/mol. The van der Waals surface area contributed by atoms with Gasteiger partial charge in [-0.2, -0.15) is 9.50 Å². The molecule has 180 valence electrons. The Labute approximate surface area is 202 Å². The van der Waals surface area contributed by atoms with Crippen LogP contribution in [-0.4, -0.2) is 47.8 Å². The van der Waals surface area contributed by atoms with Gasteiger partial charge in [-0.3, -0.25) is 9.36 Å². The zero-order valence-electron chi connectivity index (χ0n) is 20.2. The van der Waals surface area contributed by atoms with Crippen LogP contribution in [-0.2, 0) is 13.1 Å². The van der Waals surface area contributed by atoms with Crippen LogP contribution in [0.2, 0.25) is 0 Å². The van der Waals surface area contributed by atoms with E-state index < -0.39 is 11.2 Å². The minimum atomic E-state index is -0.497. The lowest BCUT2D eigenvalue weighted by molar-refractivity contribution is 0.485. The molecule has 4 heterocycles. The van der Waals surface area contributed by atoms with E-state index in [9.17, 15) is 9.59 Å². The maximum atomic E-state index is 13.7. The number of hydrogen-bond donors (Lipinski definition) is 1. The van der Waals surface area contributed by atoms with Gasteiger partial charge in [-0.25, -0.2) is 19.4 Å². The first-order valence-electron chi connectivity index (χ1n) is 11.7. The molecule has 1 atom stereocenters. The second-order valence-electron chi connectivity index (χ2n) is 8.92. The highest BCUT2D eigenvalue weighted by Crippen LogP contribution is 2.20. The van der Waals surface area contributed by atoms with Crippen molar-refractivity contribution in [2.45, 2.75) is 52.7 Å². The highest BCUT2D eigenvalue weighted by Gasteiger charge is 2.25. The quantitative estimate of drug-likeness (QED) is 0.444. The van der Waals surface area contributed by atoms with Gasteiger partial charge in [0.1, 0.15) is 12.4 Å². The maximum absolute atomic E-state index is 13.7. The van der Waals surface area contributed by atoms with E-state index in [1.54, 1.807) is 18.5 Å². The van der Waals surface area contributed by atoms with Crippen LogP contribution < -0.4 is 21.9 Å². The molecule has 1 fully saturated rings. The molecule has 4 aromatic rings. The third-order valence-electron chi connectivity index (χ3n) is 6.48. The van der Waals surface area contributed by atoms with Crippen molar-refractivity contribution in [1.82, 2.24) is 28.7 Å². The molecule has 0 bridgehead atoms. The highest BCUT2D eigenvalue weighted by atomic mass is 16.2. The number of aromatic nitrogens is 6. The SMILES string of the molecule is CC#CCn1c(N2CCC[C@@H](N)C2)nc2c(C)c(=O)n(Cc3nc(C)c4ccccc4n3)c(=O)n21. The molecule has 0 unspecified atom stereocenters. The first kappa shape index (κ1) is 22.8. The Balaban J connectivity index is 1.69. The zero-order valence-corrected chi connectivity index (χ0v) is 20.2. The molecule has 0 saturated carbocycles. The molecule has 1 aliphatic rings. The van der Waals surface area contributed by atoms with E-state index in [4.69, 9.17) is 10.7 Å². The van der Waals surface area contributed by atoms with Crippen molar-refractivity contribution in [2.75, 3.05) is 18.0 Å². The van der Waals surface area contributed by atoms with Gasteiger partial charge < -0.3 is 10.6 Å². The summed E-state index contributed by atoms with van der Waals surface area (Å²) < 4.78 is 4.36. The molecule has 10 heteroatoms. The Morgan fingerprint density at radius 2 is 1.94 bits per heavy atom. The first-order valence-corrected chi connectivity index (χ1v) is 11.7. The Morgan fingerprint density at radius 3 is 2.71 bits per heavy atom. The van der Waals surface area contributed by atoms with Crippen molar-refractivity contribution in [2.24, 2.45) is 5.73 Å². The number of nitrogens with two attached hydrogens (primary N) is 1. The van der Waals surface area contributed by atoms with Gasteiger partial charge >= 0.3 is 5.69 Å². The minimum Gasteiger partial charge on any atom is -0.339 e. The van der Waals surface area contributed by atoms with Crippen LogP contribution in [0.25, 0.3) is 16.6 Å². The van der Waals surface area contributed by atoms with Crippen molar-refractivity contribution >= 4 is 22.5 Å². The van der Waals surface area contributed by atoms with E-state index in [1.165, 1.54) is 9.08 Å². The average molecular weight is 473 g/mol. The maximum Gasteiger partial charge on any atom is 0.352 e. The minimum absolute atomic E-state index is 0.0281. The third-order valence-corrected chi connectivity index (χ3v) is 6.48. The summed E-state index contributed by atoms with van der Waals surface area (Å²) in [6.07, 6.45) is 1.88. The second kappa shape index (κ2) is 9.00. The molecule has 0 spiro atoms. The lowest BCUT2D eigenvalue weighted by Crippen LogP contribution is -2.44. The monoisotopic (exact) mass is 472 g/mol. The number of anilines is 1. The summed E-state index contributed by atoms with van der Waals surface area (Å²) in [5.41, 5.74) is 7.59. The summed E-state index contributed by atoms with van der Waals surface area (Å²) in [5, 5.41) is 0.938. The standard InChI is InChI=1S/C25H28N8O2/c1-4-5-13-32-24(30-12-8-9-18(26)14-30)29-22-16(2)23(34)31(25(35)33(22)32)15-21-27-17(3)19-10-6-7-11-20(19)28-21/h6-7,10-11,18H,8-9,12-15,26H2,1-3H3/t18-/m1/s1. The van der Waals surface area contributed by atoms with E-state index in [2.05, 4.69) is 26.7 Å². The molecule has 35 heavy (non-hydrogen) atoms. The van der Waals surface area contributed by atoms with Crippen LogP contribution in [0.1, 0.15) is 36.8 Å². The van der Waals surface area contributed by atoms with E-state index in [0.717, 1.165) is 36.0 Å². The summed E-state index contributed by atoms with van der Waals surface area (Å²) in [7, 11) is 0. The number of hydrogen-bond acceptors (Lipinski definition) is 7. The summed E-state index contributed by atoms with van der Waals surface area (Å²) in [5.74, 6) is 6.92. The number of para-hydroxylation sites is 1. The fourth-order valence-corrected chi connectivity index (χ4v) is 4.71. The van der Waals surface area contributed by atoms with Gasteiger partial charge in [-0.1, -0.05) is 24.1 Å². The Kier molecular flexibility index (Phi) is 5.86. The normalized spacial score (nSPS) is 16.0. The van der Waals surface area contributed by atoms with Crippen molar-refractivity contribution in [3.63, 3.8) is 0 Å². The van der Waals surface area contributed by atoms with E-state index >= 15 is 0 Å². The van der Waals surface area contributed by atoms with E-state index in [1.807, 2.05) is 31.2 Å². The van der Waals surface area contributed by atoms with Gasteiger partial charge in [0, 0.05) is 30.2 Å². The number of nitrogens with zero attached hydrogens (tertiary/aromatic N) is 7. The second-order valence-corrected chi connectivity index (χ2v) is 8.92. The van der Waals surface area contributed by atoms with Crippen LogP contribution >= 0.6 is 0 Å². The predicted octanol–water partition coefficient (Wildman–Crippen LogP) is 1.22. The van der Waals surface area contributed by atoms with Crippen LogP contribution in [0, 0.1) is 25.7 Å². The van der Waals surface area contributed by atoms with Crippen LogP contribution in [0.5, 0.6) is 0 Å². The number of rotatable bonds is 4. The van der Waals surface area contributed by atoms with Gasteiger partial charge in [-0.05, 0) is 39.7 Å². The fourth-order valence-electron chi connectivity index (χ4n) is 4.71. The van der Waals surface area contributed by atoms with Gasteiger partial charge in [0.25, 0.3) is 5.56 Å². The van der Waals surface area contributed by atoms with E-state index in [-0.39, 0.29) is 19.1 Å². The van der Waals surface area contributed by atoms with Crippen LogP contribution in [0.3, 0.4) is 0 Å². The summed E-state index contributed by atoms with van der Waals surface area (Å²) in [4.78, 5) is 43.0. The molecule has 2 N–H and O–H groups in total. The predicted molar refractivity (Wildman–Crippen MR) is 135 cm³/mol. The van der Waals surface area contributed by atoms with Crippen molar-refractivity contribution < 1.29 is 0 Å². The molecule has 0 amide bonds. The molecule has 1 saturated heterocycles. The Morgan fingerprint density at radius 1 is 1.14 bits per heavy atom. The zero-order chi connectivity index (χ0) is 24.7. The average Bonchev–Trinajstić information content (AvgIpc) is 3.24. The van der Waals surface area contributed by atoms with Gasteiger partial charge in [0.2, 0.25) is 5.95 Å². The largest absolute Gasteiger partial charge is 0.352 e. The van der Waals surface area contributed by atoms with Gasteiger partial charge in [0.15, 0.2) is 5.65 Å². The van der Waals surface area contributed by atoms with Crippen LogP contribution in [0.15, 0.2) is 33.9 Å². The number of aryl methyl sites for hydroxylation is 2. The number of benzene rings is 1. The smallest absolute Gasteiger partial charge is 0.339 e. The first-order chi connectivity index (χ1) is 16.9. The molecule has 10 nitrogen and oxygen atoms in total. The number of fused-ring (bicyclic) bond motifs is 2. The van der Waals surface area contributed by atoms with Gasteiger partial charge in [0.05, 0.1) is 17.6 Å². The summed E-state index contributed by atoms with van der Waals surface area (Å²) in [6, 6.07) is 7.70. The Bertz CT molecular complexity index is 1620. The lowest BCUT2D eigenvalue weighted by Gasteiger charge is -2.31. The molecule has 3 aromatic heterocycles. The molecule has 0 radical (unpaired) electrons. The molecule has 1 aromatic carbocycles.